The lowest BCUT2D eigenvalue weighted by atomic mass is 10.2. The van der Waals surface area contributed by atoms with Gasteiger partial charge >= 0.3 is 0 Å². The largest absolute Gasteiger partial charge is 0.618 e. The second-order valence-electron chi connectivity index (χ2n) is 4.90. The first-order valence-corrected chi connectivity index (χ1v) is 8.54. The van der Waals surface area contributed by atoms with Gasteiger partial charge in [0.25, 0.3) is 5.91 Å². The lowest BCUT2D eigenvalue weighted by molar-refractivity contribution is -0.614. The van der Waals surface area contributed by atoms with Gasteiger partial charge in [0.05, 0.1) is 0 Å². The summed E-state index contributed by atoms with van der Waals surface area (Å²) < 4.78 is 0.709. The molecule has 1 aromatic carbocycles. The van der Waals surface area contributed by atoms with Gasteiger partial charge in [-0.3, -0.25) is 4.79 Å². The standard InChI is InChI=1S/C16H11Cl2N3O2S/c17-11-5-10(6-12(18)7-11)16-20-14(9-24-16)15(22)19-8-13-3-1-2-4-21(13)23/h1-7,9H,8H2,(H,19,22). The highest BCUT2D eigenvalue weighted by molar-refractivity contribution is 7.13. The van der Waals surface area contributed by atoms with Gasteiger partial charge < -0.3 is 10.5 Å². The van der Waals surface area contributed by atoms with Crippen LogP contribution in [-0.4, -0.2) is 10.9 Å². The number of hydrogen-bond donors (Lipinski definition) is 1. The van der Waals surface area contributed by atoms with Gasteiger partial charge in [-0.05, 0) is 24.3 Å². The van der Waals surface area contributed by atoms with Crippen LogP contribution in [0.2, 0.25) is 10.0 Å². The molecule has 0 radical (unpaired) electrons. The summed E-state index contributed by atoms with van der Waals surface area (Å²) in [5.41, 5.74) is 1.47. The topological polar surface area (TPSA) is 68.9 Å². The van der Waals surface area contributed by atoms with Crippen molar-refractivity contribution in [2.24, 2.45) is 0 Å². The van der Waals surface area contributed by atoms with E-state index < -0.39 is 0 Å². The van der Waals surface area contributed by atoms with Gasteiger partial charge in [-0.1, -0.05) is 23.2 Å². The van der Waals surface area contributed by atoms with Crippen molar-refractivity contribution in [3.8, 4) is 10.6 Å². The average Bonchev–Trinajstić information content (AvgIpc) is 3.03. The Kier molecular flexibility index (Phi) is 4.99. The first-order chi connectivity index (χ1) is 11.5. The lowest BCUT2D eigenvalue weighted by Gasteiger charge is -2.04. The van der Waals surface area contributed by atoms with Crippen molar-refractivity contribution in [3.05, 3.63) is 74.6 Å². The van der Waals surface area contributed by atoms with Crippen LogP contribution in [0.3, 0.4) is 0 Å². The molecule has 0 aliphatic carbocycles. The van der Waals surface area contributed by atoms with Crippen LogP contribution in [-0.2, 0) is 6.54 Å². The monoisotopic (exact) mass is 379 g/mol. The Labute approximate surface area is 152 Å². The van der Waals surface area contributed by atoms with Crippen molar-refractivity contribution in [1.29, 1.82) is 0 Å². The molecule has 0 saturated carbocycles. The van der Waals surface area contributed by atoms with E-state index in [-0.39, 0.29) is 18.1 Å². The molecular weight excluding hydrogens is 369 g/mol. The highest BCUT2D eigenvalue weighted by atomic mass is 35.5. The summed E-state index contributed by atoms with van der Waals surface area (Å²) in [5, 5.41) is 17.5. The summed E-state index contributed by atoms with van der Waals surface area (Å²) in [6.07, 6.45) is 1.38. The van der Waals surface area contributed by atoms with Crippen LogP contribution < -0.4 is 10.0 Å². The number of nitrogens with zero attached hydrogens (tertiary/aromatic N) is 2. The first kappa shape index (κ1) is 16.7. The molecule has 1 amide bonds. The van der Waals surface area contributed by atoms with Crippen molar-refractivity contribution in [2.45, 2.75) is 6.54 Å². The minimum Gasteiger partial charge on any atom is -0.618 e. The van der Waals surface area contributed by atoms with Crippen LogP contribution in [0.25, 0.3) is 10.6 Å². The lowest BCUT2D eigenvalue weighted by Crippen LogP contribution is -2.35. The van der Waals surface area contributed by atoms with Crippen molar-refractivity contribution in [1.82, 2.24) is 10.3 Å². The summed E-state index contributed by atoms with van der Waals surface area (Å²) in [5.74, 6) is -0.352. The van der Waals surface area contributed by atoms with E-state index in [2.05, 4.69) is 10.3 Å². The molecule has 0 bridgehead atoms. The SMILES string of the molecule is O=C(NCc1cccc[n+]1[O-])c1csc(-c2cc(Cl)cc(Cl)c2)n1. The Morgan fingerprint density at radius 2 is 2.00 bits per heavy atom. The van der Waals surface area contributed by atoms with Crippen LogP contribution in [0.1, 0.15) is 16.2 Å². The number of halogens is 2. The number of pyridine rings is 1. The zero-order chi connectivity index (χ0) is 17.1. The van der Waals surface area contributed by atoms with Gasteiger partial charge in [0, 0.05) is 33.1 Å². The van der Waals surface area contributed by atoms with Crippen LogP contribution in [0.4, 0.5) is 0 Å². The quantitative estimate of drug-likeness (QED) is 0.555. The summed E-state index contributed by atoms with van der Waals surface area (Å²) in [4.78, 5) is 16.5. The Balaban J connectivity index is 1.73. The van der Waals surface area contributed by atoms with E-state index in [9.17, 15) is 10.0 Å². The van der Waals surface area contributed by atoms with E-state index in [0.29, 0.717) is 25.5 Å². The molecule has 0 spiro atoms. The second kappa shape index (κ2) is 7.17. The minimum absolute atomic E-state index is 0.124. The molecule has 0 aliphatic rings. The third-order valence-corrected chi connectivity index (χ3v) is 4.51. The highest BCUT2D eigenvalue weighted by Crippen LogP contribution is 2.29. The van der Waals surface area contributed by atoms with E-state index in [1.54, 1.807) is 41.8 Å². The fourth-order valence-electron chi connectivity index (χ4n) is 2.05. The van der Waals surface area contributed by atoms with Crippen molar-refractivity contribution < 1.29 is 9.52 Å². The Hall–Kier alpha value is -2.15. The number of benzene rings is 1. The molecular formula is C16H11Cl2N3O2S. The maximum Gasteiger partial charge on any atom is 0.271 e. The molecule has 0 aliphatic heterocycles. The maximum atomic E-state index is 12.2. The van der Waals surface area contributed by atoms with E-state index in [0.717, 1.165) is 5.56 Å². The van der Waals surface area contributed by atoms with E-state index in [1.165, 1.54) is 17.5 Å². The highest BCUT2D eigenvalue weighted by Gasteiger charge is 2.14. The van der Waals surface area contributed by atoms with Gasteiger partial charge in [0.1, 0.15) is 17.2 Å². The molecule has 0 atom stereocenters. The smallest absolute Gasteiger partial charge is 0.271 e. The molecule has 122 valence electrons. The molecule has 3 aromatic rings. The molecule has 0 saturated heterocycles. The molecule has 8 heteroatoms. The minimum atomic E-state index is -0.352. The van der Waals surface area contributed by atoms with E-state index >= 15 is 0 Å². The maximum absolute atomic E-state index is 12.2. The fraction of sp³-hybridized carbons (Fsp3) is 0.0625. The molecule has 0 fully saturated rings. The third kappa shape index (κ3) is 3.84. The van der Waals surface area contributed by atoms with Gasteiger partial charge in [-0.25, -0.2) is 4.98 Å². The van der Waals surface area contributed by atoms with Crippen LogP contribution in [0, 0.1) is 5.21 Å². The van der Waals surface area contributed by atoms with Gasteiger partial charge in [0.2, 0.25) is 5.69 Å². The molecule has 3 rings (SSSR count). The van der Waals surface area contributed by atoms with Crippen molar-refractivity contribution in [3.63, 3.8) is 0 Å². The van der Waals surface area contributed by atoms with Crippen molar-refractivity contribution in [2.75, 3.05) is 0 Å². The number of hydrogen-bond acceptors (Lipinski definition) is 4. The summed E-state index contributed by atoms with van der Waals surface area (Å²) in [6.45, 7) is 0.124. The summed E-state index contributed by atoms with van der Waals surface area (Å²) in [7, 11) is 0. The average molecular weight is 380 g/mol. The second-order valence-corrected chi connectivity index (χ2v) is 6.63. The predicted octanol–water partition coefficient (Wildman–Crippen LogP) is 3.68. The number of aromatic nitrogens is 2. The third-order valence-electron chi connectivity index (χ3n) is 3.18. The summed E-state index contributed by atoms with van der Waals surface area (Å²) in [6, 6.07) is 10.1. The van der Waals surface area contributed by atoms with Gasteiger partial charge in [-0.2, -0.15) is 4.73 Å². The Morgan fingerprint density at radius 1 is 1.25 bits per heavy atom. The summed E-state index contributed by atoms with van der Waals surface area (Å²) >= 11 is 13.3. The van der Waals surface area contributed by atoms with Crippen LogP contribution in [0.15, 0.2) is 48.0 Å². The predicted molar refractivity (Wildman–Crippen MR) is 94.1 cm³/mol. The Bertz CT molecular complexity index is 878. The number of rotatable bonds is 4. The fourth-order valence-corrected chi connectivity index (χ4v) is 3.36. The van der Waals surface area contributed by atoms with Gasteiger partial charge in [-0.15, -0.1) is 11.3 Å². The number of carbonyl (C=O) groups is 1. The zero-order valence-electron chi connectivity index (χ0n) is 12.2. The molecule has 24 heavy (non-hydrogen) atoms. The van der Waals surface area contributed by atoms with Crippen molar-refractivity contribution >= 4 is 40.4 Å². The molecule has 2 heterocycles. The zero-order valence-corrected chi connectivity index (χ0v) is 14.5. The van der Waals surface area contributed by atoms with Gasteiger partial charge in [0.15, 0.2) is 6.20 Å². The van der Waals surface area contributed by atoms with Crippen LogP contribution >= 0.6 is 34.5 Å². The number of carbonyl (C=O) groups excluding carboxylic acids is 1. The normalized spacial score (nSPS) is 10.6. The number of amides is 1. The molecule has 2 aromatic heterocycles. The molecule has 5 nitrogen and oxygen atoms in total. The van der Waals surface area contributed by atoms with Crippen LogP contribution in [0.5, 0.6) is 0 Å². The number of thiazole rings is 1. The van der Waals surface area contributed by atoms with E-state index in [4.69, 9.17) is 23.2 Å². The molecule has 0 unspecified atom stereocenters. The first-order valence-electron chi connectivity index (χ1n) is 6.90. The molecule has 1 N–H and O–H groups in total. The number of nitrogens with one attached hydrogen (secondary N) is 1. The Morgan fingerprint density at radius 3 is 2.71 bits per heavy atom. The van der Waals surface area contributed by atoms with E-state index in [1.807, 2.05) is 0 Å².